The van der Waals surface area contributed by atoms with Gasteiger partial charge in [-0.15, -0.1) is 0 Å². The van der Waals surface area contributed by atoms with Gasteiger partial charge in [0.2, 0.25) is 0 Å². The Morgan fingerprint density at radius 1 is 1.50 bits per heavy atom. The molecule has 0 aromatic carbocycles. The van der Waals surface area contributed by atoms with Gasteiger partial charge in [0.25, 0.3) is 5.56 Å². The second kappa shape index (κ2) is 2.13. The van der Waals surface area contributed by atoms with Gasteiger partial charge in [-0.05, 0) is 6.92 Å². The van der Waals surface area contributed by atoms with E-state index >= 15 is 0 Å². The van der Waals surface area contributed by atoms with Crippen LogP contribution in [0.5, 0.6) is 0 Å². The Bertz CT molecular complexity index is 347. The van der Waals surface area contributed by atoms with Crippen LogP contribution in [0.25, 0.3) is 0 Å². The fraction of sp³-hybridized carbons (Fsp3) is 0.333. The second-order valence-corrected chi connectivity index (χ2v) is 2.05. The monoisotopic (exact) mass is 141 g/mol. The van der Waals surface area contributed by atoms with Crippen LogP contribution in [-0.4, -0.2) is 4.57 Å². The zero-order chi connectivity index (χ0) is 7.72. The van der Waals surface area contributed by atoms with Gasteiger partial charge in [0, 0.05) is 12.6 Å². The van der Waals surface area contributed by atoms with Crippen LogP contribution in [0.2, 0.25) is 0 Å². The van der Waals surface area contributed by atoms with E-state index in [9.17, 15) is 9.59 Å². The molecule has 0 aliphatic rings. The third kappa shape index (κ3) is 0.877. The molecule has 0 aliphatic carbocycles. The van der Waals surface area contributed by atoms with Crippen molar-refractivity contribution in [3.05, 3.63) is 32.7 Å². The van der Waals surface area contributed by atoms with Crippen LogP contribution >= 0.6 is 0 Å². The first-order chi connectivity index (χ1) is 4.63. The van der Waals surface area contributed by atoms with Gasteiger partial charge in [-0.1, -0.05) is 0 Å². The molecule has 1 heterocycles. The van der Waals surface area contributed by atoms with E-state index in [0.29, 0.717) is 5.56 Å². The summed E-state index contributed by atoms with van der Waals surface area (Å²) in [5.74, 6) is -0.629. The van der Waals surface area contributed by atoms with Crippen molar-refractivity contribution in [3.8, 4) is 0 Å². The van der Waals surface area contributed by atoms with Crippen LogP contribution in [0.15, 0.2) is 20.3 Å². The first-order valence-corrected chi connectivity index (χ1v) is 2.78. The summed E-state index contributed by atoms with van der Waals surface area (Å²) >= 11 is 0. The summed E-state index contributed by atoms with van der Waals surface area (Å²) in [6, 6.07) is 0. The maximum atomic E-state index is 10.9. The van der Waals surface area contributed by atoms with Crippen molar-refractivity contribution in [2.75, 3.05) is 0 Å². The molecule has 54 valence electrons. The summed E-state index contributed by atoms with van der Waals surface area (Å²) in [4.78, 5) is 21.5. The van der Waals surface area contributed by atoms with E-state index in [-0.39, 0.29) is 5.56 Å². The maximum absolute atomic E-state index is 10.9. The Balaban J connectivity index is 3.66. The molecular weight excluding hydrogens is 134 g/mol. The van der Waals surface area contributed by atoms with E-state index in [1.54, 1.807) is 6.92 Å². The molecule has 0 aliphatic heterocycles. The molecule has 0 spiro atoms. The van der Waals surface area contributed by atoms with Gasteiger partial charge in [0.1, 0.15) is 6.26 Å². The minimum Gasteiger partial charge on any atom is -0.417 e. The van der Waals surface area contributed by atoms with Crippen LogP contribution in [-0.2, 0) is 7.05 Å². The van der Waals surface area contributed by atoms with Crippen LogP contribution in [0.1, 0.15) is 5.56 Å². The minimum atomic E-state index is -0.629. The summed E-state index contributed by atoms with van der Waals surface area (Å²) < 4.78 is 5.40. The molecule has 4 nitrogen and oxygen atoms in total. The molecule has 1 aromatic rings. The Morgan fingerprint density at radius 2 is 2.10 bits per heavy atom. The Kier molecular flexibility index (Phi) is 1.45. The average Bonchev–Trinajstić information content (AvgIpc) is 1.93. The normalized spacial score (nSPS) is 9.80. The molecular formula is C6H7NO3. The Hall–Kier alpha value is -1.32. The van der Waals surface area contributed by atoms with Gasteiger partial charge in [-0.25, -0.2) is 9.36 Å². The molecule has 0 atom stereocenters. The molecule has 0 N–H and O–H groups in total. The van der Waals surface area contributed by atoms with Crippen molar-refractivity contribution in [1.29, 1.82) is 0 Å². The summed E-state index contributed by atoms with van der Waals surface area (Å²) in [7, 11) is 1.38. The van der Waals surface area contributed by atoms with E-state index in [1.807, 2.05) is 0 Å². The van der Waals surface area contributed by atoms with Crippen LogP contribution in [0, 0.1) is 6.92 Å². The molecule has 0 fully saturated rings. The Labute approximate surface area is 56.7 Å². The lowest BCUT2D eigenvalue weighted by atomic mass is 10.4. The largest absolute Gasteiger partial charge is 0.421 e. The zero-order valence-electron chi connectivity index (χ0n) is 5.75. The predicted octanol–water partition coefficient (Wildman–Crippen LogP) is -0.353. The molecule has 0 bridgehead atoms. The summed E-state index contributed by atoms with van der Waals surface area (Å²) in [5.41, 5.74) is 0.123. The highest BCUT2D eigenvalue weighted by Gasteiger charge is 1.98. The van der Waals surface area contributed by atoms with Crippen molar-refractivity contribution < 1.29 is 4.42 Å². The first-order valence-electron chi connectivity index (χ1n) is 2.78. The molecule has 1 aromatic heterocycles. The lowest BCUT2D eigenvalue weighted by Gasteiger charge is -1.92. The highest BCUT2D eigenvalue weighted by atomic mass is 16.4. The van der Waals surface area contributed by atoms with Crippen molar-refractivity contribution >= 4 is 0 Å². The van der Waals surface area contributed by atoms with Gasteiger partial charge >= 0.3 is 5.76 Å². The number of hydrogen-bond acceptors (Lipinski definition) is 3. The molecule has 0 saturated heterocycles. The van der Waals surface area contributed by atoms with Gasteiger partial charge in [-0.3, -0.25) is 4.79 Å². The van der Waals surface area contributed by atoms with Gasteiger partial charge in [0.05, 0.1) is 0 Å². The molecule has 0 unspecified atom stereocenters. The lowest BCUT2D eigenvalue weighted by molar-refractivity contribution is 0.437. The molecule has 1 rings (SSSR count). The SMILES string of the molecule is Cc1coc(=O)n(C)c1=O. The van der Waals surface area contributed by atoms with Gasteiger partial charge < -0.3 is 4.42 Å². The number of aryl methyl sites for hydroxylation is 1. The Morgan fingerprint density at radius 3 is 2.60 bits per heavy atom. The molecule has 0 saturated carbocycles. The topological polar surface area (TPSA) is 52.2 Å². The number of aromatic nitrogens is 1. The number of rotatable bonds is 0. The van der Waals surface area contributed by atoms with E-state index in [2.05, 4.69) is 4.42 Å². The predicted molar refractivity (Wildman–Crippen MR) is 35.0 cm³/mol. The van der Waals surface area contributed by atoms with Crippen LogP contribution in [0.3, 0.4) is 0 Å². The molecule has 0 radical (unpaired) electrons. The van der Waals surface area contributed by atoms with E-state index < -0.39 is 5.76 Å². The van der Waals surface area contributed by atoms with Crippen molar-refractivity contribution in [2.45, 2.75) is 6.92 Å². The fourth-order valence-corrected chi connectivity index (χ4v) is 0.616. The van der Waals surface area contributed by atoms with Crippen molar-refractivity contribution in [3.63, 3.8) is 0 Å². The fourth-order valence-electron chi connectivity index (χ4n) is 0.616. The third-order valence-electron chi connectivity index (χ3n) is 1.25. The molecule has 0 amide bonds. The summed E-state index contributed by atoms with van der Waals surface area (Å²) in [6.07, 6.45) is 1.16. The molecule has 4 heteroatoms. The number of hydrogen-bond donors (Lipinski definition) is 0. The van der Waals surface area contributed by atoms with E-state index in [4.69, 9.17) is 0 Å². The van der Waals surface area contributed by atoms with Crippen LogP contribution < -0.4 is 11.3 Å². The average molecular weight is 141 g/mol. The van der Waals surface area contributed by atoms with E-state index in [1.165, 1.54) is 7.05 Å². The standard InChI is InChI=1S/C6H7NO3/c1-4-3-10-6(9)7(2)5(4)8/h3H,1-2H3. The smallest absolute Gasteiger partial charge is 0.417 e. The zero-order valence-corrected chi connectivity index (χ0v) is 5.75. The van der Waals surface area contributed by atoms with Crippen molar-refractivity contribution in [2.24, 2.45) is 7.05 Å². The van der Waals surface area contributed by atoms with E-state index in [0.717, 1.165) is 10.8 Å². The molecule has 10 heavy (non-hydrogen) atoms. The highest BCUT2D eigenvalue weighted by molar-refractivity contribution is 4.97. The number of nitrogens with zero attached hydrogens (tertiary/aromatic N) is 1. The first kappa shape index (κ1) is 6.80. The van der Waals surface area contributed by atoms with Gasteiger partial charge in [0.15, 0.2) is 0 Å². The third-order valence-corrected chi connectivity index (χ3v) is 1.25. The second-order valence-electron chi connectivity index (χ2n) is 2.05. The summed E-state index contributed by atoms with van der Waals surface area (Å²) in [5, 5.41) is 0. The summed E-state index contributed by atoms with van der Waals surface area (Å²) in [6.45, 7) is 1.59. The maximum Gasteiger partial charge on any atom is 0.421 e. The quantitative estimate of drug-likeness (QED) is 0.496. The van der Waals surface area contributed by atoms with Crippen molar-refractivity contribution in [1.82, 2.24) is 4.57 Å². The lowest BCUT2D eigenvalue weighted by Crippen LogP contribution is -2.30. The van der Waals surface area contributed by atoms with Crippen LogP contribution in [0.4, 0.5) is 0 Å². The van der Waals surface area contributed by atoms with Gasteiger partial charge in [-0.2, -0.15) is 0 Å². The highest BCUT2D eigenvalue weighted by Crippen LogP contribution is 1.79. The minimum absolute atomic E-state index is 0.309.